The number of aliphatic imine (C=N–C) groups is 1. The van der Waals surface area contributed by atoms with E-state index in [1.807, 2.05) is 0 Å². The largest absolute Gasteiger partial charge is 0.478 e. The highest BCUT2D eigenvalue weighted by atomic mass is 35.5. The van der Waals surface area contributed by atoms with Gasteiger partial charge in [0.1, 0.15) is 11.5 Å². The number of carbonyl (C=O) groups is 2. The number of carbonyl (C=O) groups excluding carboxylic acids is 1. The number of amides is 1. The van der Waals surface area contributed by atoms with E-state index in [0.29, 0.717) is 42.9 Å². The van der Waals surface area contributed by atoms with Gasteiger partial charge in [0.2, 0.25) is 0 Å². The third kappa shape index (κ3) is 4.43. The quantitative estimate of drug-likeness (QED) is 0.478. The molecule has 0 unspecified atom stereocenters. The summed E-state index contributed by atoms with van der Waals surface area (Å²) >= 11 is 13.4. The minimum Gasteiger partial charge on any atom is -0.478 e. The Morgan fingerprint density at radius 1 is 1.10 bits per heavy atom. The Labute approximate surface area is 185 Å². The monoisotopic (exact) mass is 458 g/mol. The average Bonchev–Trinajstić information content (AvgIpc) is 3.31. The Morgan fingerprint density at radius 2 is 1.87 bits per heavy atom. The van der Waals surface area contributed by atoms with E-state index in [-0.39, 0.29) is 11.5 Å². The predicted octanol–water partition coefficient (Wildman–Crippen LogP) is 5.84. The summed E-state index contributed by atoms with van der Waals surface area (Å²) in [6, 6.07) is 14.6. The summed E-state index contributed by atoms with van der Waals surface area (Å²) in [4.78, 5) is 27.9. The van der Waals surface area contributed by atoms with E-state index in [0.717, 1.165) is 11.8 Å². The number of furan rings is 1. The molecule has 1 saturated heterocycles. The van der Waals surface area contributed by atoms with Crippen LogP contribution in [0.4, 0.5) is 5.69 Å². The first-order chi connectivity index (χ1) is 14.4. The molecule has 2 N–H and O–H groups in total. The summed E-state index contributed by atoms with van der Waals surface area (Å²) in [6.07, 6.45) is 1.61. The van der Waals surface area contributed by atoms with Crippen molar-refractivity contribution < 1.29 is 19.1 Å². The van der Waals surface area contributed by atoms with Crippen LogP contribution in [0.2, 0.25) is 10.0 Å². The fraction of sp³-hybridized carbons (Fsp3) is 0. The summed E-state index contributed by atoms with van der Waals surface area (Å²) in [5.41, 5.74) is 1.35. The third-order valence-corrected chi connectivity index (χ3v) is 5.56. The summed E-state index contributed by atoms with van der Waals surface area (Å²) in [6.45, 7) is 0. The molecule has 0 spiro atoms. The van der Waals surface area contributed by atoms with Crippen LogP contribution in [0.25, 0.3) is 17.4 Å². The van der Waals surface area contributed by atoms with Gasteiger partial charge in [0.05, 0.1) is 21.2 Å². The van der Waals surface area contributed by atoms with E-state index in [2.05, 4.69) is 10.3 Å². The van der Waals surface area contributed by atoms with Crippen LogP contribution in [0, 0.1) is 0 Å². The van der Waals surface area contributed by atoms with Gasteiger partial charge < -0.3 is 14.8 Å². The summed E-state index contributed by atoms with van der Waals surface area (Å²) < 4.78 is 5.80. The van der Waals surface area contributed by atoms with Crippen LogP contribution in [0.1, 0.15) is 16.1 Å². The number of carboxylic acids is 1. The molecule has 1 amide bonds. The molecule has 0 radical (unpaired) electrons. The number of nitrogens with zero attached hydrogens (tertiary/aromatic N) is 1. The maximum atomic E-state index is 12.3. The summed E-state index contributed by atoms with van der Waals surface area (Å²) in [5, 5.41) is 13.0. The molecule has 0 aliphatic carbocycles. The van der Waals surface area contributed by atoms with Crippen LogP contribution in [-0.2, 0) is 4.79 Å². The van der Waals surface area contributed by atoms with Crippen molar-refractivity contribution in [1.82, 2.24) is 5.32 Å². The predicted molar refractivity (Wildman–Crippen MR) is 118 cm³/mol. The second-order valence-corrected chi connectivity index (χ2v) is 8.03. The van der Waals surface area contributed by atoms with Crippen LogP contribution in [-0.4, -0.2) is 22.2 Å². The van der Waals surface area contributed by atoms with Gasteiger partial charge in [-0.3, -0.25) is 4.79 Å². The number of nitrogens with one attached hydrogen (secondary N) is 1. The van der Waals surface area contributed by atoms with Gasteiger partial charge in [-0.25, -0.2) is 9.79 Å². The number of halogens is 2. The van der Waals surface area contributed by atoms with Crippen LogP contribution < -0.4 is 5.32 Å². The number of hydrogen-bond donors (Lipinski definition) is 2. The Morgan fingerprint density at radius 3 is 2.60 bits per heavy atom. The number of benzene rings is 2. The SMILES string of the molecule is O=C1NC(=Nc2ccc(C(=O)O)cc2)S/C1=C/c1ccc(-c2cc(Cl)ccc2Cl)o1. The first-order valence-corrected chi connectivity index (χ1v) is 10.1. The van der Waals surface area contributed by atoms with E-state index in [1.165, 1.54) is 12.1 Å². The van der Waals surface area contributed by atoms with Crippen LogP contribution in [0.15, 0.2) is 68.9 Å². The number of aromatic carboxylic acids is 1. The van der Waals surface area contributed by atoms with Crippen molar-refractivity contribution in [3.8, 4) is 11.3 Å². The third-order valence-electron chi connectivity index (χ3n) is 4.09. The molecule has 4 rings (SSSR count). The molecule has 1 aliphatic rings. The first-order valence-electron chi connectivity index (χ1n) is 8.57. The average molecular weight is 459 g/mol. The van der Waals surface area contributed by atoms with Crippen molar-refractivity contribution in [2.75, 3.05) is 0 Å². The molecule has 0 bridgehead atoms. The number of carboxylic acid groups (broad SMARTS) is 1. The lowest BCUT2D eigenvalue weighted by Crippen LogP contribution is -2.19. The Balaban J connectivity index is 1.54. The molecule has 3 aromatic rings. The maximum Gasteiger partial charge on any atom is 0.335 e. The van der Waals surface area contributed by atoms with Gasteiger partial charge in [0.15, 0.2) is 5.17 Å². The van der Waals surface area contributed by atoms with Gasteiger partial charge in [-0.05, 0) is 66.4 Å². The number of hydrogen-bond acceptors (Lipinski definition) is 5. The molecule has 1 aliphatic heterocycles. The molecular formula is C21H12Cl2N2O4S. The Hall–Kier alpha value is -3.00. The van der Waals surface area contributed by atoms with Crippen molar-refractivity contribution in [1.29, 1.82) is 0 Å². The first kappa shape index (κ1) is 20.3. The number of rotatable bonds is 4. The lowest BCUT2D eigenvalue weighted by Gasteiger charge is -2.01. The highest BCUT2D eigenvalue weighted by Gasteiger charge is 2.24. The van der Waals surface area contributed by atoms with E-state index in [1.54, 1.807) is 48.5 Å². The molecule has 1 fully saturated rings. The van der Waals surface area contributed by atoms with Crippen molar-refractivity contribution >= 4 is 63.8 Å². The van der Waals surface area contributed by atoms with E-state index < -0.39 is 5.97 Å². The standard InChI is InChI=1S/C21H12Cl2N2O4S/c22-12-3-7-16(23)15(9-12)17-8-6-14(29-17)10-18-19(26)25-21(30-18)24-13-4-1-11(2-5-13)20(27)28/h1-10H,(H,27,28)(H,24,25,26)/b18-10+. The second kappa shape index (κ2) is 8.39. The Kier molecular flexibility index (Phi) is 5.67. The van der Waals surface area contributed by atoms with Crippen LogP contribution >= 0.6 is 35.0 Å². The summed E-state index contributed by atoms with van der Waals surface area (Å²) in [7, 11) is 0. The topological polar surface area (TPSA) is 91.9 Å². The molecular weight excluding hydrogens is 447 g/mol. The van der Waals surface area contributed by atoms with Gasteiger partial charge >= 0.3 is 5.97 Å². The molecule has 0 saturated carbocycles. The van der Waals surface area contributed by atoms with Gasteiger partial charge in [-0.15, -0.1) is 0 Å². The molecule has 150 valence electrons. The fourth-order valence-electron chi connectivity index (χ4n) is 2.67. The van der Waals surface area contributed by atoms with Crippen LogP contribution in [0.5, 0.6) is 0 Å². The van der Waals surface area contributed by atoms with E-state index >= 15 is 0 Å². The highest BCUT2D eigenvalue weighted by molar-refractivity contribution is 8.18. The lowest BCUT2D eigenvalue weighted by molar-refractivity contribution is -0.115. The molecule has 1 aromatic heterocycles. The maximum absolute atomic E-state index is 12.3. The van der Waals surface area contributed by atoms with E-state index in [9.17, 15) is 9.59 Å². The normalized spacial score (nSPS) is 16.3. The Bertz CT molecular complexity index is 1220. The van der Waals surface area contributed by atoms with Gasteiger partial charge in [-0.2, -0.15) is 0 Å². The molecule has 2 aromatic carbocycles. The minimum absolute atomic E-state index is 0.163. The number of amidine groups is 1. The highest BCUT2D eigenvalue weighted by Crippen LogP contribution is 2.34. The van der Waals surface area contributed by atoms with Crippen molar-refractivity contribution in [2.24, 2.45) is 4.99 Å². The van der Waals surface area contributed by atoms with Crippen molar-refractivity contribution in [3.05, 3.63) is 80.9 Å². The zero-order chi connectivity index (χ0) is 21.3. The second-order valence-electron chi connectivity index (χ2n) is 6.16. The smallest absolute Gasteiger partial charge is 0.335 e. The number of thioether (sulfide) groups is 1. The zero-order valence-corrected chi connectivity index (χ0v) is 17.4. The van der Waals surface area contributed by atoms with Crippen molar-refractivity contribution in [2.45, 2.75) is 0 Å². The molecule has 2 heterocycles. The lowest BCUT2D eigenvalue weighted by atomic mass is 10.2. The van der Waals surface area contributed by atoms with Crippen molar-refractivity contribution in [3.63, 3.8) is 0 Å². The van der Waals surface area contributed by atoms with Crippen LogP contribution in [0.3, 0.4) is 0 Å². The molecule has 30 heavy (non-hydrogen) atoms. The molecule has 6 nitrogen and oxygen atoms in total. The molecule has 0 atom stereocenters. The van der Waals surface area contributed by atoms with Gasteiger partial charge in [-0.1, -0.05) is 23.2 Å². The molecule has 9 heteroatoms. The van der Waals surface area contributed by atoms with Gasteiger partial charge in [0, 0.05) is 16.7 Å². The zero-order valence-electron chi connectivity index (χ0n) is 15.1. The summed E-state index contributed by atoms with van der Waals surface area (Å²) in [5.74, 6) is -0.310. The van der Waals surface area contributed by atoms with Gasteiger partial charge in [0.25, 0.3) is 5.91 Å². The minimum atomic E-state index is -1.01. The fourth-order valence-corrected chi connectivity index (χ4v) is 3.87. The van der Waals surface area contributed by atoms with E-state index in [4.69, 9.17) is 32.7 Å².